The van der Waals surface area contributed by atoms with E-state index in [2.05, 4.69) is 15.0 Å². The Hall–Kier alpha value is -3.27. The molecule has 2 saturated heterocycles. The maximum absolute atomic E-state index is 14.0. The molecule has 2 aliphatic heterocycles. The maximum Gasteiger partial charge on any atom is 0.279 e. The number of rotatable bonds is 7. The predicted molar refractivity (Wildman–Crippen MR) is 152 cm³/mol. The molecule has 2 amide bonds. The molecule has 1 aromatic heterocycles. The molecule has 40 heavy (non-hydrogen) atoms. The number of fused-ring (bicyclic) bond motifs is 5. The monoisotopic (exact) mass is 548 g/mol. The minimum Gasteiger partial charge on any atom is -0.385 e. The van der Waals surface area contributed by atoms with Crippen molar-refractivity contribution in [1.29, 1.82) is 0 Å². The zero-order chi connectivity index (χ0) is 27.8. The second kappa shape index (κ2) is 11.3. The summed E-state index contributed by atoms with van der Waals surface area (Å²) in [5.74, 6) is 0.0120. The summed E-state index contributed by atoms with van der Waals surface area (Å²) in [6.45, 7) is -0.538. The van der Waals surface area contributed by atoms with Crippen molar-refractivity contribution in [1.82, 2.24) is 14.5 Å². The molecule has 4 fully saturated rings. The van der Waals surface area contributed by atoms with Crippen LogP contribution in [0.1, 0.15) is 88.8 Å². The first kappa shape index (κ1) is 26.9. The molecule has 4 aliphatic rings. The smallest absolute Gasteiger partial charge is 0.279 e. The van der Waals surface area contributed by atoms with E-state index in [0.29, 0.717) is 23.6 Å². The van der Waals surface area contributed by atoms with Crippen LogP contribution in [0.3, 0.4) is 0 Å². The van der Waals surface area contributed by atoms with Gasteiger partial charge in [-0.05, 0) is 68.9 Å². The van der Waals surface area contributed by atoms with Crippen molar-refractivity contribution < 1.29 is 14.4 Å². The van der Waals surface area contributed by atoms with Gasteiger partial charge in [0.05, 0.1) is 11.0 Å². The van der Waals surface area contributed by atoms with Crippen molar-refractivity contribution in [2.24, 2.45) is 28.5 Å². The van der Waals surface area contributed by atoms with E-state index < -0.39 is 29.7 Å². The van der Waals surface area contributed by atoms with Gasteiger partial charge in [0.25, 0.3) is 17.4 Å². The van der Waals surface area contributed by atoms with Crippen molar-refractivity contribution in [3.05, 3.63) is 40.3 Å². The Morgan fingerprint density at radius 1 is 0.875 bits per heavy atom. The van der Waals surface area contributed by atoms with Gasteiger partial charge in [0, 0.05) is 24.2 Å². The van der Waals surface area contributed by atoms with Gasteiger partial charge < -0.3 is 20.9 Å². The largest absolute Gasteiger partial charge is 0.385 e. The van der Waals surface area contributed by atoms with E-state index in [4.69, 9.17) is 16.3 Å². The third-order valence-electron chi connectivity index (χ3n) is 9.76. The minimum atomic E-state index is -0.957. The van der Waals surface area contributed by atoms with E-state index >= 15 is 0 Å². The number of nitrogens with zero attached hydrogens (tertiary/aromatic N) is 4. The lowest BCUT2D eigenvalue weighted by Gasteiger charge is -2.54. The number of carbonyl (C=O) groups is 2. The average molecular weight is 549 g/mol. The maximum atomic E-state index is 14.0. The van der Waals surface area contributed by atoms with Crippen molar-refractivity contribution in [3.63, 3.8) is 0 Å². The van der Waals surface area contributed by atoms with Crippen molar-refractivity contribution in [2.75, 3.05) is 6.61 Å². The number of carbonyl (C=O) groups excluding carboxylic acids is 2. The number of nitrogens with two attached hydrogens (primary N) is 2. The van der Waals surface area contributed by atoms with Gasteiger partial charge >= 0.3 is 0 Å². The first-order valence-corrected chi connectivity index (χ1v) is 15.0. The number of amides is 2. The molecule has 2 saturated carbocycles. The molecule has 4 N–H and O–H groups in total. The van der Waals surface area contributed by atoms with E-state index in [-0.39, 0.29) is 11.7 Å². The Balaban J connectivity index is 1.35. The highest BCUT2D eigenvalue weighted by atomic mass is 16.6. The third-order valence-corrected chi connectivity index (χ3v) is 9.76. The molecule has 4 unspecified atom stereocenters. The summed E-state index contributed by atoms with van der Waals surface area (Å²) in [6.07, 6.45) is 14.9. The fraction of sp³-hybridized carbons (Fsp3) is 0.633. The van der Waals surface area contributed by atoms with Crippen LogP contribution in [0.4, 0.5) is 0 Å². The van der Waals surface area contributed by atoms with E-state index in [1.54, 1.807) is 0 Å². The standard InChI is InChI=1S/C30H40N6O4/c31-26(37)17-40-34-27(29(32)38)28-30(39)36(25-11-4-3-10-24(25)33-28)23-15-20-8-5-9-21(16-23)35(20)22-13-18-6-1-2-7-19(12-18)14-22/h3-4,10-11,18-23H,1-2,5-9,12-17H2,(H2,31,37)(H2,32,38). The van der Waals surface area contributed by atoms with Gasteiger partial charge in [-0.2, -0.15) is 0 Å². The van der Waals surface area contributed by atoms with Crippen LogP contribution in [0.5, 0.6) is 0 Å². The summed E-state index contributed by atoms with van der Waals surface area (Å²) in [6, 6.07) is 8.97. The zero-order valence-corrected chi connectivity index (χ0v) is 23.0. The van der Waals surface area contributed by atoms with Crippen LogP contribution in [-0.4, -0.2) is 56.7 Å². The van der Waals surface area contributed by atoms with Crippen LogP contribution < -0.4 is 17.0 Å². The van der Waals surface area contributed by atoms with E-state index in [1.165, 1.54) is 51.4 Å². The molecular weight excluding hydrogens is 508 g/mol. The lowest BCUT2D eigenvalue weighted by atomic mass is 9.73. The normalized spacial score (nSPS) is 30.9. The van der Waals surface area contributed by atoms with Crippen LogP contribution in [0.15, 0.2) is 34.2 Å². The Morgan fingerprint density at radius 3 is 2.20 bits per heavy atom. The molecule has 4 atom stereocenters. The van der Waals surface area contributed by atoms with Gasteiger partial charge in [-0.3, -0.25) is 19.3 Å². The molecule has 2 aliphatic carbocycles. The Bertz CT molecular complexity index is 1340. The third kappa shape index (κ3) is 5.25. The first-order chi connectivity index (χ1) is 19.4. The highest BCUT2D eigenvalue weighted by molar-refractivity contribution is 6.44. The molecule has 10 nitrogen and oxygen atoms in total. The second-order valence-electron chi connectivity index (χ2n) is 12.4. The molecule has 4 bridgehead atoms. The lowest BCUT2D eigenvalue weighted by Crippen LogP contribution is -2.58. The van der Waals surface area contributed by atoms with Crippen molar-refractivity contribution >= 4 is 28.6 Å². The number of piperidine rings is 2. The number of benzene rings is 1. The van der Waals surface area contributed by atoms with Gasteiger partial charge in [-0.1, -0.05) is 49.4 Å². The fourth-order valence-electron chi connectivity index (χ4n) is 8.34. The van der Waals surface area contributed by atoms with E-state index in [0.717, 1.165) is 43.0 Å². The van der Waals surface area contributed by atoms with Crippen LogP contribution in [0.25, 0.3) is 11.0 Å². The molecule has 10 heteroatoms. The van der Waals surface area contributed by atoms with E-state index in [1.807, 2.05) is 28.8 Å². The summed E-state index contributed by atoms with van der Waals surface area (Å²) >= 11 is 0. The Morgan fingerprint density at radius 2 is 1.55 bits per heavy atom. The summed E-state index contributed by atoms with van der Waals surface area (Å²) in [5, 5.41) is 3.71. The molecular formula is C30H40N6O4. The molecule has 2 aromatic rings. The molecule has 3 heterocycles. The highest BCUT2D eigenvalue weighted by Crippen LogP contribution is 2.47. The number of aromatic nitrogens is 2. The Kier molecular flexibility index (Phi) is 7.61. The number of para-hydroxylation sites is 2. The van der Waals surface area contributed by atoms with Gasteiger partial charge in [-0.25, -0.2) is 4.98 Å². The Labute approximate surface area is 234 Å². The SMILES string of the molecule is NC(=O)CON=C(C(N)=O)c1nc2ccccc2n(C2CC3CCCC(C2)N3C2CC3CCCCC(C3)C2)c1=O. The van der Waals surface area contributed by atoms with Crippen molar-refractivity contribution in [3.8, 4) is 0 Å². The number of oxime groups is 1. The van der Waals surface area contributed by atoms with Crippen LogP contribution in [-0.2, 0) is 14.4 Å². The molecule has 1 aromatic carbocycles. The summed E-state index contributed by atoms with van der Waals surface area (Å²) < 4.78 is 1.81. The quantitative estimate of drug-likeness (QED) is 0.402. The van der Waals surface area contributed by atoms with Gasteiger partial charge in [-0.15, -0.1) is 0 Å². The van der Waals surface area contributed by atoms with Crippen LogP contribution >= 0.6 is 0 Å². The van der Waals surface area contributed by atoms with Gasteiger partial charge in [0.2, 0.25) is 0 Å². The van der Waals surface area contributed by atoms with Crippen LogP contribution in [0.2, 0.25) is 0 Å². The zero-order valence-electron chi connectivity index (χ0n) is 23.0. The summed E-state index contributed by atoms with van der Waals surface area (Å²) in [4.78, 5) is 49.8. The average Bonchev–Trinajstić information content (AvgIpc) is 3.09. The van der Waals surface area contributed by atoms with Crippen LogP contribution in [0, 0.1) is 11.8 Å². The van der Waals surface area contributed by atoms with Crippen molar-refractivity contribution in [2.45, 2.75) is 101 Å². The highest BCUT2D eigenvalue weighted by Gasteiger charge is 2.45. The van der Waals surface area contributed by atoms with Gasteiger partial charge in [0.15, 0.2) is 18.0 Å². The second-order valence-corrected chi connectivity index (χ2v) is 12.4. The molecule has 0 spiro atoms. The number of primary amides is 2. The summed E-state index contributed by atoms with van der Waals surface area (Å²) in [7, 11) is 0. The predicted octanol–water partition coefficient (Wildman–Crippen LogP) is 3.00. The molecule has 214 valence electrons. The molecule has 0 radical (unpaired) electrons. The fourth-order valence-corrected chi connectivity index (χ4v) is 8.34. The number of hydrogen-bond donors (Lipinski definition) is 2. The first-order valence-electron chi connectivity index (χ1n) is 15.0. The van der Waals surface area contributed by atoms with E-state index in [9.17, 15) is 14.4 Å². The number of hydrogen-bond acceptors (Lipinski definition) is 7. The summed E-state index contributed by atoms with van der Waals surface area (Å²) in [5.41, 5.74) is 11.0. The van der Waals surface area contributed by atoms with Gasteiger partial charge in [0.1, 0.15) is 0 Å². The lowest BCUT2D eigenvalue weighted by molar-refractivity contribution is -0.122. The molecule has 6 rings (SSSR count). The minimum absolute atomic E-state index is 0.0303. The topological polar surface area (TPSA) is 146 Å².